The molecule has 0 aliphatic rings. The average Bonchev–Trinajstić information content (AvgIpc) is 2.98. The molecule has 0 atom stereocenters. The van der Waals surface area contributed by atoms with Crippen molar-refractivity contribution in [2.45, 2.75) is 13.8 Å². The lowest BCUT2D eigenvalue weighted by Gasteiger charge is -2.01. The highest BCUT2D eigenvalue weighted by molar-refractivity contribution is 6.02. The van der Waals surface area contributed by atoms with E-state index in [0.717, 1.165) is 16.8 Å². The molecule has 0 radical (unpaired) electrons. The fourth-order valence-electron chi connectivity index (χ4n) is 2.03. The van der Waals surface area contributed by atoms with Crippen molar-refractivity contribution < 1.29 is 9.32 Å². The van der Waals surface area contributed by atoms with Crippen molar-refractivity contribution in [2.24, 2.45) is 0 Å². The molecule has 3 aromatic rings. The van der Waals surface area contributed by atoms with Gasteiger partial charge in [0.2, 0.25) is 0 Å². The second-order valence-electron chi connectivity index (χ2n) is 5.06. The molecule has 0 aliphatic carbocycles. The van der Waals surface area contributed by atoms with Gasteiger partial charge in [0.1, 0.15) is 5.82 Å². The van der Waals surface area contributed by atoms with Crippen molar-refractivity contribution in [3.8, 4) is 11.3 Å². The van der Waals surface area contributed by atoms with Gasteiger partial charge in [-0.2, -0.15) is 0 Å². The fourth-order valence-corrected chi connectivity index (χ4v) is 2.03. The number of pyridine rings is 1. The van der Waals surface area contributed by atoms with E-state index in [4.69, 9.17) is 4.52 Å². The molecule has 0 bridgehead atoms. The average molecular weight is 293 g/mol. The van der Waals surface area contributed by atoms with E-state index < -0.39 is 0 Å². The normalized spacial score (nSPS) is 10.5. The first-order chi connectivity index (χ1) is 10.6. The second-order valence-corrected chi connectivity index (χ2v) is 5.06. The van der Waals surface area contributed by atoms with Crippen LogP contribution in [0.2, 0.25) is 0 Å². The molecule has 110 valence electrons. The van der Waals surface area contributed by atoms with Crippen molar-refractivity contribution in [3.05, 3.63) is 65.5 Å². The summed E-state index contributed by atoms with van der Waals surface area (Å²) in [6.07, 6.45) is 0. The Bertz CT molecular complexity index is 807. The predicted octanol–water partition coefficient (Wildman–Crippen LogP) is 3.61. The number of hydrogen-bond acceptors (Lipinski definition) is 4. The van der Waals surface area contributed by atoms with Gasteiger partial charge in [-0.1, -0.05) is 41.1 Å². The maximum absolute atomic E-state index is 12.2. The lowest BCUT2D eigenvalue weighted by Crippen LogP contribution is -2.13. The van der Waals surface area contributed by atoms with Gasteiger partial charge in [0.05, 0.1) is 0 Å². The lowest BCUT2D eigenvalue weighted by molar-refractivity contribution is 0.101. The molecule has 2 aromatic heterocycles. The van der Waals surface area contributed by atoms with Gasteiger partial charge in [-0.25, -0.2) is 4.98 Å². The molecule has 2 heterocycles. The summed E-state index contributed by atoms with van der Waals surface area (Å²) in [4.78, 5) is 16.4. The first-order valence-corrected chi connectivity index (χ1v) is 6.90. The van der Waals surface area contributed by atoms with Gasteiger partial charge in [-0.3, -0.25) is 4.79 Å². The van der Waals surface area contributed by atoms with Crippen LogP contribution in [0.15, 0.2) is 53.1 Å². The van der Waals surface area contributed by atoms with E-state index in [1.54, 1.807) is 12.1 Å². The Morgan fingerprint density at radius 3 is 2.59 bits per heavy atom. The third-order valence-corrected chi connectivity index (χ3v) is 3.21. The van der Waals surface area contributed by atoms with Gasteiger partial charge in [0.25, 0.3) is 5.91 Å². The summed E-state index contributed by atoms with van der Waals surface area (Å²) >= 11 is 0. The largest absolute Gasteiger partial charge is 0.355 e. The summed E-state index contributed by atoms with van der Waals surface area (Å²) in [7, 11) is 0. The molecule has 0 fully saturated rings. The quantitative estimate of drug-likeness (QED) is 0.801. The molecule has 0 unspecified atom stereocenters. The zero-order valence-electron chi connectivity index (χ0n) is 12.3. The van der Waals surface area contributed by atoms with Crippen LogP contribution < -0.4 is 5.32 Å². The van der Waals surface area contributed by atoms with Gasteiger partial charge < -0.3 is 9.84 Å². The van der Waals surface area contributed by atoms with Gasteiger partial charge in [0.15, 0.2) is 11.5 Å². The van der Waals surface area contributed by atoms with Crippen LogP contribution in [0.5, 0.6) is 0 Å². The number of aromatic nitrogens is 2. The predicted molar refractivity (Wildman–Crippen MR) is 83.6 cm³/mol. The number of aryl methyl sites for hydroxylation is 2. The Morgan fingerprint density at radius 1 is 1.09 bits per heavy atom. The first-order valence-electron chi connectivity index (χ1n) is 6.90. The maximum atomic E-state index is 12.2. The Balaban J connectivity index is 1.78. The highest BCUT2D eigenvalue weighted by Crippen LogP contribution is 2.21. The van der Waals surface area contributed by atoms with Gasteiger partial charge in [-0.15, -0.1) is 0 Å². The number of hydrogen-bond donors (Lipinski definition) is 1. The Labute approximate surface area is 128 Å². The number of rotatable bonds is 3. The molecule has 1 amide bonds. The van der Waals surface area contributed by atoms with Crippen LogP contribution in [0, 0.1) is 13.8 Å². The molecule has 0 saturated heterocycles. The van der Waals surface area contributed by atoms with Crippen molar-refractivity contribution in [1.82, 2.24) is 10.1 Å². The van der Waals surface area contributed by atoms with E-state index in [0.29, 0.717) is 11.6 Å². The van der Waals surface area contributed by atoms with E-state index in [1.165, 1.54) is 0 Å². The van der Waals surface area contributed by atoms with Crippen molar-refractivity contribution >= 4 is 11.7 Å². The highest BCUT2D eigenvalue weighted by atomic mass is 16.5. The SMILES string of the molecule is Cc1ccc(-c2cc(C(=O)Nc3cccc(C)n3)no2)cc1. The number of amides is 1. The van der Waals surface area contributed by atoms with Crippen molar-refractivity contribution in [2.75, 3.05) is 5.32 Å². The molecular formula is C17H15N3O2. The minimum absolute atomic E-state index is 0.221. The Morgan fingerprint density at radius 2 is 1.86 bits per heavy atom. The molecule has 3 rings (SSSR count). The number of nitrogens with zero attached hydrogens (tertiary/aromatic N) is 2. The summed E-state index contributed by atoms with van der Waals surface area (Å²) in [5.74, 6) is 0.701. The summed E-state index contributed by atoms with van der Waals surface area (Å²) in [5, 5.41) is 6.52. The fraction of sp³-hybridized carbons (Fsp3) is 0.118. The number of nitrogens with one attached hydrogen (secondary N) is 1. The molecule has 5 heteroatoms. The van der Waals surface area contributed by atoms with Crippen LogP contribution >= 0.6 is 0 Å². The molecule has 1 aromatic carbocycles. The Kier molecular flexibility index (Phi) is 3.70. The van der Waals surface area contributed by atoms with Crippen LogP contribution in [-0.2, 0) is 0 Å². The number of carbonyl (C=O) groups excluding carboxylic acids is 1. The smallest absolute Gasteiger partial charge is 0.279 e. The topological polar surface area (TPSA) is 68.0 Å². The minimum atomic E-state index is -0.347. The number of benzene rings is 1. The standard InChI is InChI=1S/C17H15N3O2/c1-11-6-8-13(9-7-11)15-10-14(20-22-15)17(21)19-16-5-3-4-12(2)18-16/h3-10H,1-2H3,(H,18,19,21). The summed E-state index contributed by atoms with van der Waals surface area (Å²) in [5.41, 5.74) is 3.09. The zero-order valence-corrected chi connectivity index (χ0v) is 12.3. The zero-order chi connectivity index (χ0) is 15.5. The van der Waals surface area contributed by atoms with E-state index in [9.17, 15) is 4.79 Å². The van der Waals surface area contributed by atoms with E-state index in [2.05, 4.69) is 15.5 Å². The molecule has 0 saturated carbocycles. The van der Waals surface area contributed by atoms with Crippen LogP contribution in [-0.4, -0.2) is 16.0 Å². The molecule has 1 N–H and O–H groups in total. The monoisotopic (exact) mass is 293 g/mol. The minimum Gasteiger partial charge on any atom is -0.355 e. The number of carbonyl (C=O) groups is 1. The van der Waals surface area contributed by atoms with Crippen molar-refractivity contribution in [1.29, 1.82) is 0 Å². The third-order valence-electron chi connectivity index (χ3n) is 3.21. The van der Waals surface area contributed by atoms with Gasteiger partial charge in [-0.05, 0) is 26.0 Å². The molecule has 0 aliphatic heterocycles. The van der Waals surface area contributed by atoms with Crippen molar-refractivity contribution in [3.63, 3.8) is 0 Å². The van der Waals surface area contributed by atoms with E-state index in [1.807, 2.05) is 50.2 Å². The summed E-state index contributed by atoms with van der Waals surface area (Å²) in [6, 6.07) is 14.9. The highest BCUT2D eigenvalue weighted by Gasteiger charge is 2.14. The van der Waals surface area contributed by atoms with Crippen LogP contribution in [0.3, 0.4) is 0 Å². The number of anilines is 1. The second kappa shape index (κ2) is 5.81. The molecule has 22 heavy (non-hydrogen) atoms. The summed E-state index contributed by atoms with van der Waals surface area (Å²) in [6.45, 7) is 3.87. The van der Waals surface area contributed by atoms with Crippen LogP contribution in [0.1, 0.15) is 21.7 Å². The summed E-state index contributed by atoms with van der Waals surface area (Å²) < 4.78 is 5.24. The molecular weight excluding hydrogens is 278 g/mol. The third kappa shape index (κ3) is 3.03. The van der Waals surface area contributed by atoms with Crippen LogP contribution in [0.4, 0.5) is 5.82 Å². The van der Waals surface area contributed by atoms with Gasteiger partial charge in [0, 0.05) is 17.3 Å². The first kappa shape index (κ1) is 14.0. The molecule has 0 spiro atoms. The van der Waals surface area contributed by atoms with Gasteiger partial charge >= 0.3 is 0 Å². The van der Waals surface area contributed by atoms with E-state index >= 15 is 0 Å². The Hall–Kier alpha value is -2.95. The lowest BCUT2D eigenvalue weighted by atomic mass is 10.1. The maximum Gasteiger partial charge on any atom is 0.279 e. The van der Waals surface area contributed by atoms with E-state index in [-0.39, 0.29) is 11.6 Å². The molecule has 5 nitrogen and oxygen atoms in total. The van der Waals surface area contributed by atoms with Crippen LogP contribution in [0.25, 0.3) is 11.3 Å².